The molecule has 1 N–H and O–H groups in total. The maximum atomic E-state index is 6.07. The number of nitrogens with zero attached hydrogens (tertiary/aromatic N) is 2. The van der Waals surface area contributed by atoms with Gasteiger partial charge in [-0.1, -0.05) is 34.5 Å². The van der Waals surface area contributed by atoms with E-state index in [1.165, 1.54) is 0 Å². The molecular formula is C10H9BrClN3. The molecule has 15 heavy (non-hydrogen) atoms. The Kier molecular flexibility index (Phi) is 3.07. The molecule has 0 unspecified atom stereocenters. The molecule has 0 spiro atoms. The Morgan fingerprint density at radius 3 is 2.93 bits per heavy atom. The van der Waals surface area contributed by atoms with E-state index in [0.29, 0.717) is 10.8 Å². The van der Waals surface area contributed by atoms with Gasteiger partial charge in [-0.15, -0.1) is 0 Å². The molecule has 0 saturated heterocycles. The summed E-state index contributed by atoms with van der Waals surface area (Å²) < 4.78 is 0.963. The summed E-state index contributed by atoms with van der Waals surface area (Å²) in [4.78, 5) is 4.33. The summed E-state index contributed by atoms with van der Waals surface area (Å²) in [6, 6.07) is 5.62. The normalized spacial score (nSPS) is 10.6. The second kappa shape index (κ2) is 4.33. The fraction of sp³-hybridized carbons (Fsp3) is 0.200. The maximum Gasteiger partial charge on any atom is 0.182 e. The van der Waals surface area contributed by atoms with Gasteiger partial charge in [-0.2, -0.15) is 5.10 Å². The van der Waals surface area contributed by atoms with Crippen molar-refractivity contribution in [2.24, 2.45) is 0 Å². The number of hydrogen-bond acceptors (Lipinski definition) is 2. The third-order valence-corrected chi connectivity index (χ3v) is 2.86. The predicted molar refractivity (Wildman–Crippen MR) is 63.9 cm³/mol. The SMILES string of the molecule is CCc1nc(-c2cc(Br)ccc2Cl)n[nH]1. The Hall–Kier alpha value is -0.870. The van der Waals surface area contributed by atoms with E-state index in [2.05, 4.69) is 31.1 Å². The van der Waals surface area contributed by atoms with Gasteiger partial charge in [0.1, 0.15) is 5.82 Å². The lowest BCUT2D eigenvalue weighted by atomic mass is 10.2. The first-order chi connectivity index (χ1) is 7.20. The Labute approximate surface area is 101 Å². The fourth-order valence-corrected chi connectivity index (χ4v) is 1.81. The Bertz CT molecular complexity index is 481. The zero-order valence-corrected chi connectivity index (χ0v) is 10.4. The number of aromatic amines is 1. The lowest BCUT2D eigenvalue weighted by Gasteiger charge is -1.99. The van der Waals surface area contributed by atoms with E-state index < -0.39 is 0 Å². The predicted octanol–water partition coefficient (Wildman–Crippen LogP) is 3.45. The second-order valence-electron chi connectivity index (χ2n) is 3.08. The molecule has 0 aliphatic carbocycles. The molecule has 0 amide bonds. The summed E-state index contributed by atoms with van der Waals surface area (Å²) in [6.45, 7) is 2.02. The van der Waals surface area contributed by atoms with Crippen LogP contribution in [0.4, 0.5) is 0 Å². The molecule has 0 aliphatic rings. The quantitative estimate of drug-likeness (QED) is 0.918. The number of halogens is 2. The topological polar surface area (TPSA) is 41.6 Å². The van der Waals surface area contributed by atoms with Crippen LogP contribution in [0.1, 0.15) is 12.7 Å². The summed E-state index contributed by atoms with van der Waals surface area (Å²) >= 11 is 9.46. The number of H-pyrrole nitrogens is 1. The Morgan fingerprint density at radius 2 is 2.27 bits per heavy atom. The van der Waals surface area contributed by atoms with Gasteiger partial charge in [0.2, 0.25) is 0 Å². The highest BCUT2D eigenvalue weighted by atomic mass is 79.9. The molecule has 1 aromatic heterocycles. The van der Waals surface area contributed by atoms with Crippen LogP contribution in [0.2, 0.25) is 5.02 Å². The highest BCUT2D eigenvalue weighted by molar-refractivity contribution is 9.10. The van der Waals surface area contributed by atoms with Crippen LogP contribution < -0.4 is 0 Å². The first-order valence-corrected chi connectivity index (χ1v) is 5.74. The monoisotopic (exact) mass is 285 g/mol. The van der Waals surface area contributed by atoms with E-state index in [0.717, 1.165) is 22.3 Å². The Balaban J connectivity index is 2.48. The van der Waals surface area contributed by atoms with Gasteiger partial charge in [-0.05, 0) is 18.2 Å². The maximum absolute atomic E-state index is 6.07. The van der Waals surface area contributed by atoms with Crippen molar-refractivity contribution in [3.8, 4) is 11.4 Å². The van der Waals surface area contributed by atoms with Gasteiger partial charge in [0.05, 0.1) is 5.02 Å². The number of hydrogen-bond donors (Lipinski definition) is 1. The van der Waals surface area contributed by atoms with Gasteiger partial charge in [0.25, 0.3) is 0 Å². The molecule has 0 atom stereocenters. The fourth-order valence-electron chi connectivity index (χ4n) is 1.24. The number of nitrogens with one attached hydrogen (secondary N) is 1. The van der Waals surface area contributed by atoms with Gasteiger partial charge in [0.15, 0.2) is 5.82 Å². The summed E-state index contributed by atoms with van der Waals surface area (Å²) in [5.74, 6) is 1.50. The number of benzene rings is 1. The van der Waals surface area contributed by atoms with Crippen LogP contribution in [0.25, 0.3) is 11.4 Å². The summed E-state index contributed by atoms with van der Waals surface area (Å²) in [5, 5.41) is 7.64. The van der Waals surface area contributed by atoms with Gasteiger partial charge >= 0.3 is 0 Å². The molecule has 78 valence electrons. The lowest BCUT2D eigenvalue weighted by molar-refractivity contribution is 0.946. The molecule has 5 heteroatoms. The minimum absolute atomic E-state index is 0.637. The third kappa shape index (κ3) is 2.21. The van der Waals surface area contributed by atoms with Crippen LogP contribution in [0.5, 0.6) is 0 Å². The van der Waals surface area contributed by atoms with Gasteiger partial charge < -0.3 is 0 Å². The van der Waals surface area contributed by atoms with Crippen molar-refractivity contribution in [1.82, 2.24) is 15.2 Å². The minimum Gasteiger partial charge on any atom is -0.263 e. The highest BCUT2D eigenvalue weighted by Crippen LogP contribution is 2.28. The average molecular weight is 287 g/mol. The van der Waals surface area contributed by atoms with Crippen LogP contribution in [0, 0.1) is 0 Å². The number of rotatable bonds is 2. The molecule has 2 rings (SSSR count). The van der Waals surface area contributed by atoms with E-state index >= 15 is 0 Å². The molecule has 0 fully saturated rings. The van der Waals surface area contributed by atoms with E-state index in [9.17, 15) is 0 Å². The van der Waals surface area contributed by atoms with Crippen LogP contribution in [0.15, 0.2) is 22.7 Å². The smallest absolute Gasteiger partial charge is 0.182 e. The summed E-state index contributed by atoms with van der Waals surface area (Å²) in [5.41, 5.74) is 0.835. The number of aryl methyl sites for hydroxylation is 1. The average Bonchev–Trinajstić information content (AvgIpc) is 2.70. The Morgan fingerprint density at radius 1 is 1.47 bits per heavy atom. The van der Waals surface area contributed by atoms with E-state index in [-0.39, 0.29) is 0 Å². The first-order valence-electron chi connectivity index (χ1n) is 4.57. The van der Waals surface area contributed by atoms with E-state index in [1.54, 1.807) is 0 Å². The van der Waals surface area contributed by atoms with Crippen molar-refractivity contribution < 1.29 is 0 Å². The molecule has 1 heterocycles. The van der Waals surface area contributed by atoms with Crippen molar-refractivity contribution in [3.63, 3.8) is 0 Å². The van der Waals surface area contributed by atoms with Crippen LogP contribution in [0.3, 0.4) is 0 Å². The van der Waals surface area contributed by atoms with Crippen LogP contribution in [-0.2, 0) is 6.42 Å². The lowest BCUT2D eigenvalue weighted by Crippen LogP contribution is -1.84. The largest absolute Gasteiger partial charge is 0.263 e. The third-order valence-electron chi connectivity index (χ3n) is 2.04. The standard InChI is InChI=1S/C10H9BrClN3/c1-2-9-13-10(15-14-9)7-5-6(11)3-4-8(7)12/h3-5H,2H2,1H3,(H,13,14,15). The van der Waals surface area contributed by atoms with E-state index in [4.69, 9.17) is 11.6 Å². The molecule has 0 radical (unpaired) electrons. The molecule has 0 aliphatic heterocycles. The molecule has 2 aromatic rings. The van der Waals surface area contributed by atoms with Crippen molar-refractivity contribution >= 4 is 27.5 Å². The second-order valence-corrected chi connectivity index (χ2v) is 4.41. The molecule has 3 nitrogen and oxygen atoms in total. The zero-order valence-electron chi connectivity index (χ0n) is 8.09. The molecule has 1 aromatic carbocycles. The highest BCUT2D eigenvalue weighted by Gasteiger charge is 2.09. The first kappa shape index (κ1) is 10.6. The van der Waals surface area contributed by atoms with Crippen molar-refractivity contribution in [2.45, 2.75) is 13.3 Å². The van der Waals surface area contributed by atoms with Crippen LogP contribution >= 0.6 is 27.5 Å². The zero-order chi connectivity index (χ0) is 10.8. The summed E-state index contributed by atoms with van der Waals surface area (Å²) in [7, 11) is 0. The molecular weight excluding hydrogens is 277 g/mol. The van der Waals surface area contributed by atoms with E-state index in [1.807, 2.05) is 25.1 Å². The minimum atomic E-state index is 0.637. The van der Waals surface area contributed by atoms with Crippen molar-refractivity contribution in [2.75, 3.05) is 0 Å². The van der Waals surface area contributed by atoms with Crippen molar-refractivity contribution in [1.29, 1.82) is 0 Å². The van der Waals surface area contributed by atoms with Gasteiger partial charge in [-0.3, -0.25) is 5.10 Å². The molecule has 0 saturated carbocycles. The summed E-state index contributed by atoms with van der Waals surface area (Å²) in [6.07, 6.45) is 0.832. The number of aromatic nitrogens is 3. The molecule has 0 bridgehead atoms. The van der Waals surface area contributed by atoms with Gasteiger partial charge in [0, 0.05) is 16.5 Å². The van der Waals surface area contributed by atoms with Crippen molar-refractivity contribution in [3.05, 3.63) is 33.5 Å². The van der Waals surface area contributed by atoms with Gasteiger partial charge in [-0.25, -0.2) is 4.98 Å². The van der Waals surface area contributed by atoms with Crippen LogP contribution in [-0.4, -0.2) is 15.2 Å².